The Kier molecular flexibility index (Phi) is 5.56. The number of carbonyl (C=O) groups excluding carboxylic acids is 1. The molecule has 156 valence electrons. The molecule has 8 nitrogen and oxygen atoms in total. The predicted octanol–water partition coefficient (Wildman–Crippen LogP) is 2.62. The fraction of sp³-hybridized carbons (Fsp3) is 0.318. The van der Waals surface area contributed by atoms with Gasteiger partial charge in [0.2, 0.25) is 0 Å². The summed E-state index contributed by atoms with van der Waals surface area (Å²) < 4.78 is 1.56. The van der Waals surface area contributed by atoms with Gasteiger partial charge in [-0.3, -0.25) is 0 Å². The van der Waals surface area contributed by atoms with Crippen molar-refractivity contribution in [3.63, 3.8) is 0 Å². The lowest BCUT2D eigenvalue weighted by molar-refractivity contribution is 0.194. The van der Waals surface area contributed by atoms with Gasteiger partial charge in [0.05, 0.1) is 0 Å². The Hall–Kier alpha value is -3.55. The predicted molar refractivity (Wildman–Crippen MR) is 115 cm³/mol. The number of hydrogen-bond donors (Lipinski definition) is 2. The van der Waals surface area contributed by atoms with Gasteiger partial charge >= 0.3 is 6.03 Å². The number of phenols is 1. The van der Waals surface area contributed by atoms with Crippen LogP contribution in [0, 0.1) is 13.8 Å². The lowest BCUT2D eigenvalue weighted by atomic mass is 10.1. The molecule has 2 amide bonds. The highest BCUT2D eigenvalue weighted by Crippen LogP contribution is 2.27. The summed E-state index contributed by atoms with van der Waals surface area (Å²) in [5.74, 6) is 0.797. The first-order valence-electron chi connectivity index (χ1n) is 10.0. The third kappa shape index (κ3) is 4.37. The maximum absolute atomic E-state index is 12.5. The van der Waals surface area contributed by atoms with Crippen molar-refractivity contribution < 1.29 is 9.90 Å². The Morgan fingerprint density at radius 1 is 1.10 bits per heavy atom. The molecule has 2 N–H and O–H groups in total. The summed E-state index contributed by atoms with van der Waals surface area (Å²) in [6, 6.07) is 13.6. The van der Waals surface area contributed by atoms with Crippen molar-refractivity contribution >= 4 is 11.7 Å². The number of carbonyl (C=O) groups is 1. The van der Waals surface area contributed by atoms with Gasteiger partial charge in [0, 0.05) is 44.5 Å². The average molecular weight is 406 g/mol. The molecule has 1 saturated heterocycles. The van der Waals surface area contributed by atoms with Crippen LogP contribution in [-0.4, -0.2) is 57.0 Å². The van der Waals surface area contributed by atoms with E-state index in [0.29, 0.717) is 44.2 Å². The maximum Gasteiger partial charge on any atom is 0.317 e. The van der Waals surface area contributed by atoms with Gasteiger partial charge in [-0.1, -0.05) is 29.8 Å². The van der Waals surface area contributed by atoms with E-state index in [9.17, 15) is 9.90 Å². The number of aromatic nitrogens is 3. The van der Waals surface area contributed by atoms with E-state index in [1.165, 1.54) is 5.56 Å². The average Bonchev–Trinajstić information content (AvgIpc) is 3.18. The zero-order valence-electron chi connectivity index (χ0n) is 17.2. The van der Waals surface area contributed by atoms with Crippen LogP contribution in [0.2, 0.25) is 0 Å². The fourth-order valence-corrected chi connectivity index (χ4v) is 3.64. The second-order valence-corrected chi connectivity index (χ2v) is 7.53. The fourth-order valence-electron chi connectivity index (χ4n) is 3.64. The summed E-state index contributed by atoms with van der Waals surface area (Å²) >= 11 is 0. The van der Waals surface area contributed by atoms with Gasteiger partial charge in [-0.25, -0.2) is 14.5 Å². The molecule has 0 spiro atoms. The first-order chi connectivity index (χ1) is 14.5. The number of hydrogen-bond acceptors (Lipinski definition) is 5. The summed E-state index contributed by atoms with van der Waals surface area (Å²) in [5, 5.41) is 17.7. The smallest absolute Gasteiger partial charge is 0.317 e. The molecule has 3 aromatic rings. The lowest BCUT2D eigenvalue weighted by Crippen LogP contribution is -2.51. The van der Waals surface area contributed by atoms with Crippen LogP contribution >= 0.6 is 0 Å². The Bertz CT molecular complexity index is 1040. The quantitative estimate of drug-likeness (QED) is 0.696. The number of phenolic OH excluding ortho intramolecular Hbond substituents is 1. The second kappa shape index (κ2) is 8.44. The number of aromatic hydroxyl groups is 1. The van der Waals surface area contributed by atoms with Gasteiger partial charge < -0.3 is 20.2 Å². The van der Waals surface area contributed by atoms with E-state index in [-0.39, 0.29) is 11.8 Å². The zero-order valence-corrected chi connectivity index (χ0v) is 17.2. The highest BCUT2D eigenvalue weighted by Gasteiger charge is 2.22. The number of nitrogens with zero attached hydrogens (tertiary/aromatic N) is 5. The van der Waals surface area contributed by atoms with Crippen LogP contribution in [0.3, 0.4) is 0 Å². The summed E-state index contributed by atoms with van der Waals surface area (Å²) in [4.78, 5) is 20.6. The van der Waals surface area contributed by atoms with Crippen molar-refractivity contribution in [2.45, 2.75) is 20.4 Å². The Labute approximate surface area is 175 Å². The molecule has 8 heteroatoms. The van der Waals surface area contributed by atoms with Crippen LogP contribution in [0.4, 0.5) is 10.5 Å². The molecule has 1 aromatic heterocycles. The highest BCUT2D eigenvalue weighted by atomic mass is 16.3. The summed E-state index contributed by atoms with van der Waals surface area (Å²) in [6.07, 6.45) is 1.58. The van der Waals surface area contributed by atoms with E-state index in [1.54, 1.807) is 24.0 Å². The number of benzene rings is 2. The molecule has 0 atom stereocenters. The summed E-state index contributed by atoms with van der Waals surface area (Å²) in [6.45, 7) is 7.05. The minimum absolute atomic E-state index is 0.0455. The Balaban J connectivity index is 1.33. The molecule has 1 fully saturated rings. The minimum Gasteiger partial charge on any atom is -0.506 e. The Morgan fingerprint density at radius 2 is 1.90 bits per heavy atom. The van der Waals surface area contributed by atoms with Crippen molar-refractivity contribution in [3.8, 4) is 11.4 Å². The van der Waals surface area contributed by atoms with Gasteiger partial charge in [-0.15, -0.1) is 0 Å². The molecule has 1 aliphatic heterocycles. The first kappa shape index (κ1) is 19.8. The molecule has 1 aliphatic rings. The van der Waals surface area contributed by atoms with Gasteiger partial charge in [-0.05, 0) is 31.5 Å². The number of aryl methyl sites for hydroxylation is 2. The molecule has 2 heterocycles. The highest BCUT2D eigenvalue weighted by molar-refractivity contribution is 5.74. The van der Waals surface area contributed by atoms with Crippen molar-refractivity contribution in [3.05, 3.63) is 65.7 Å². The first-order valence-corrected chi connectivity index (χ1v) is 10.0. The van der Waals surface area contributed by atoms with Gasteiger partial charge in [0.1, 0.15) is 23.6 Å². The third-order valence-electron chi connectivity index (χ3n) is 5.27. The molecule has 2 aromatic carbocycles. The van der Waals surface area contributed by atoms with E-state index >= 15 is 0 Å². The maximum atomic E-state index is 12.5. The van der Waals surface area contributed by atoms with E-state index < -0.39 is 0 Å². The SMILES string of the molecule is Cc1cccc(CNC(=O)N2CCN(c3ccc(-n4cnc(C)n4)c(O)c3)CC2)c1. The van der Waals surface area contributed by atoms with Crippen molar-refractivity contribution in [2.24, 2.45) is 0 Å². The molecule has 0 bridgehead atoms. The van der Waals surface area contributed by atoms with E-state index in [0.717, 1.165) is 11.3 Å². The number of nitrogens with one attached hydrogen (secondary N) is 1. The molecule has 30 heavy (non-hydrogen) atoms. The number of amides is 2. The standard InChI is InChI=1S/C22H26N6O2/c1-16-4-3-5-18(12-16)14-23-22(30)27-10-8-26(9-11-27)19-6-7-20(21(29)13-19)28-15-24-17(2)25-28/h3-7,12-13,15,29H,8-11,14H2,1-2H3,(H,23,30). The monoisotopic (exact) mass is 406 g/mol. The van der Waals surface area contributed by atoms with Crippen LogP contribution in [0.15, 0.2) is 48.8 Å². The minimum atomic E-state index is -0.0455. The zero-order chi connectivity index (χ0) is 21.1. The molecule has 0 aliphatic carbocycles. The van der Waals surface area contributed by atoms with Crippen LogP contribution < -0.4 is 10.2 Å². The molecular formula is C22H26N6O2. The van der Waals surface area contributed by atoms with Crippen LogP contribution in [0.5, 0.6) is 5.75 Å². The molecule has 4 rings (SSSR count). The number of anilines is 1. The van der Waals surface area contributed by atoms with E-state index in [2.05, 4.69) is 26.4 Å². The number of piperazine rings is 1. The summed E-state index contributed by atoms with van der Waals surface area (Å²) in [7, 11) is 0. The van der Waals surface area contributed by atoms with Crippen molar-refractivity contribution in [2.75, 3.05) is 31.1 Å². The van der Waals surface area contributed by atoms with Crippen LogP contribution in [0.25, 0.3) is 5.69 Å². The molecule has 0 unspecified atom stereocenters. The molecule has 0 saturated carbocycles. The van der Waals surface area contributed by atoms with Crippen LogP contribution in [0.1, 0.15) is 17.0 Å². The molecule has 0 radical (unpaired) electrons. The van der Waals surface area contributed by atoms with E-state index in [4.69, 9.17) is 0 Å². The van der Waals surface area contributed by atoms with Crippen molar-refractivity contribution in [1.82, 2.24) is 25.0 Å². The molecular weight excluding hydrogens is 380 g/mol. The number of rotatable bonds is 4. The van der Waals surface area contributed by atoms with Gasteiger partial charge in [-0.2, -0.15) is 5.10 Å². The van der Waals surface area contributed by atoms with Crippen molar-refractivity contribution in [1.29, 1.82) is 0 Å². The second-order valence-electron chi connectivity index (χ2n) is 7.53. The normalized spacial score (nSPS) is 14.1. The third-order valence-corrected chi connectivity index (χ3v) is 5.27. The Morgan fingerprint density at radius 3 is 2.57 bits per heavy atom. The largest absolute Gasteiger partial charge is 0.506 e. The lowest BCUT2D eigenvalue weighted by Gasteiger charge is -2.36. The summed E-state index contributed by atoms with van der Waals surface area (Å²) in [5.41, 5.74) is 3.80. The van der Waals surface area contributed by atoms with Crippen LogP contribution in [-0.2, 0) is 6.54 Å². The number of urea groups is 1. The van der Waals surface area contributed by atoms with Gasteiger partial charge in [0.15, 0.2) is 0 Å². The van der Waals surface area contributed by atoms with E-state index in [1.807, 2.05) is 42.2 Å². The van der Waals surface area contributed by atoms with Gasteiger partial charge in [0.25, 0.3) is 0 Å². The topological polar surface area (TPSA) is 86.5 Å².